The van der Waals surface area contributed by atoms with Crippen molar-refractivity contribution < 1.29 is 4.74 Å². The average molecular weight is 300 g/mol. The third-order valence-corrected chi connectivity index (χ3v) is 4.45. The number of nitriles is 1. The Bertz CT molecular complexity index is 668. The molecule has 0 N–H and O–H groups in total. The van der Waals surface area contributed by atoms with Gasteiger partial charge in [0.25, 0.3) is 0 Å². The van der Waals surface area contributed by atoms with Gasteiger partial charge in [0.05, 0.1) is 18.2 Å². The molecule has 3 nitrogen and oxygen atoms in total. The first-order valence-corrected chi connectivity index (χ1v) is 7.88. The van der Waals surface area contributed by atoms with Crippen molar-refractivity contribution in [2.24, 2.45) is 0 Å². The summed E-state index contributed by atoms with van der Waals surface area (Å²) in [6.45, 7) is 8.79. The summed E-state index contributed by atoms with van der Waals surface area (Å²) in [5, 5.41) is 9.71. The van der Waals surface area contributed by atoms with Gasteiger partial charge in [-0.2, -0.15) is 5.26 Å². The molecular formula is C17H20N2OS. The van der Waals surface area contributed by atoms with E-state index in [0.29, 0.717) is 18.9 Å². The first-order valence-electron chi connectivity index (χ1n) is 7.06. The maximum absolute atomic E-state index is 8.79. The zero-order chi connectivity index (χ0) is 15.4. The van der Waals surface area contributed by atoms with E-state index in [1.807, 2.05) is 6.92 Å². The summed E-state index contributed by atoms with van der Waals surface area (Å²) in [5.74, 6) is 1.35. The fourth-order valence-electron chi connectivity index (χ4n) is 2.17. The van der Waals surface area contributed by atoms with Crippen LogP contribution in [0.1, 0.15) is 46.5 Å². The molecule has 0 aliphatic heterocycles. The summed E-state index contributed by atoms with van der Waals surface area (Å²) in [6.07, 6.45) is 0.422. The number of thiazole rings is 1. The molecule has 0 fully saturated rings. The van der Waals surface area contributed by atoms with E-state index >= 15 is 0 Å². The molecule has 4 heteroatoms. The second-order valence-electron chi connectivity index (χ2n) is 5.44. The fraction of sp³-hybridized carbons (Fsp3) is 0.412. The highest BCUT2D eigenvalue weighted by molar-refractivity contribution is 7.11. The number of rotatable bonds is 5. The van der Waals surface area contributed by atoms with E-state index in [0.717, 1.165) is 21.3 Å². The second kappa shape index (κ2) is 6.73. The number of aryl methyl sites for hydroxylation is 2. The molecule has 21 heavy (non-hydrogen) atoms. The molecule has 0 saturated carbocycles. The molecule has 2 aromatic rings. The minimum atomic E-state index is 0.422. The molecule has 0 aliphatic rings. The second-order valence-corrected chi connectivity index (χ2v) is 6.60. The lowest BCUT2D eigenvalue weighted by Gasteiger charge is -2.14. The molecule has 1 aromatic heterocycles. The van der Waals surface area contributed by atoms with Crippen LogP contribution >= 0.6 is 11.3 Å². The topological polar surface area (TPSA) is 45.9 Å². The Hall–Kier alpha value is -1.86. The summed E-state index contributed by atoms with van der Waals surface area (Å²) in [4.78, 5) is 5.52. The Balaban J connectivity index is 2.15. The first-order chi connectivity index (χ1) is 10.0. The lowest BCUT2D eigenvalue weighted by molar-refractivity contribution is 0.301. The number of hydrogen-bond donors (Lipinski definition) is 0. The lowest BCUT2D eigenvalue weighted by Crippen LogP contribution is -2.00. The van der Waals surface area contributed by atoms with Gasteiger partial charge >= 0.3 is 0 Å². The van der Waals surface area contributed by atoms with Crippen molar-refractivity contribution in [1.82, 2.24) is 4.98 Å². The van der Waals surface area contributed by atoms with Gasteiger partial charge in [-0.05, 0) is 37.0 Å². The van der Waals surface area contributed by atoms with Gasteiger partial charge in [-0.1, -0.05) is 26.0 Å². The van der Waals surface area contributed by atoms with Crippen LogP contribution in [-0.4, -0.2) is 4.98 Å². The zero-order valence-electron chi connectivity index (χ0n) is 12.9. The van der Waals surface area contributed by atoms with E-state index in [2.05, 4.69) is 50.0 Å². The maximum Gasteiger partial charge on any atom is 0.140 e. The summed E-state index contributed by atoms with van der Waals surface area (Å²) < 4.78 is 5.98. The molecule has 0 unspecified atom stereocenters. The van der Waals surface area contributed by atoms with E-state index in [-0.39, 0.29) is 0 Å². The van der Waals surface area contributed by atoms with E-state index in [1.54, 1.807) is 11.3 Å². The van der Waals surface area contributed by atoms with Crippen LogP contribution in [-0.2, 0) is 13.0 Å². The number of ether oxygens (including phenoxy) is 1. The fourth-order valence-corrected chi connectivity index (χ4v) is 3.08. The van der Waals surface area contributed by atoms with Crippen LogP contribution in [0.4, 0.5) is 0 Å². The van der Waals surface area contributed by atoms with Gasteiger partial charge < -0.3 is 4.74 Å². The predicted octanol–water partition coefficient (Wildman–Crippen LogP) is 4.53. The molecule has 110 valence electrons. The van der Waals surface area contributed by atoms with Gasteiger partial charge in [0, 0.05) is 4.88 Å². The Morgan fingerprint density at radius 1 is 1.33 bits per heavy atom. The van der Waals surface area contributed by atoms with Crippen LogP contribution < -0.4 is 4.74 Å². The summed E-state index contributed by atoms with van der Waals surface area (Å²) in [5.41, 5.74) is 3.34. The van der Waals surface area contributed by atoms with Crippen LogP contribution in [0.25, 0.3) is 0 Å². The van der Waals surface area contributed by atoms with Crippen LogP contribution in [0.5, 0.6) is 5.75 Å². The minimum Gasteiger partial charge on any atom is -0.486 e. The Morgan fingerprint density at radius 3 is 2.76 bits per heavy atom. The SMILES string of the molecule is Cc1ccc(C(C)C)c(OCc2nc(C)c(CC#N)s2)c1. The largest absolute Gasteiger partial charge is 0.486 e. The smallest absolute Gasteiger partial charge is 0.140 e. The maximum atomic E-state index is 8.79. The van der Waals surface area contributed by atoms with Crippen LogP contribution in [0.2, 0.25) is 0 Å². The molecule has 0 spiro atoms. The normalized spacial score (nSPS) is 10.7. The molecule has 0 radical (unpaired) electrons. The molecule has 1 aromatic carbocycles. The van der Waals surface area contributed by atoms with E-state index in [9.17, 15) is 0 Å². The Morgan fingerprint density at radius 2 is 2.10 bits per heavy atom. The number of nitrogens with zero attached hydrogens (tertiary/aromatic N) is 2. The summed E-state index contributed by atoms with van der Waals surface area (Å²) in [7, 11) is 0. The number of benzene rings is 1. The zero-order valence-corrected chi connectivity index (χ0v) is 13.8. The monoisotopic (exact) mass is 300 g/mol. The Kier molecular flexibility index (Phi) is 4.98. The average Bonchev–Trinajstić information content (AvgIpc) is 2.77. The van der Waals surface area contributed by atoms with Gasteiger partial charge in [-0.25, -0.2) is 4.98 Å². The van der Waals surface area contributed by atoms with Gasteiger partial charge in [0.2, 0.25) is 0 Å². The molecular weight excluding hydrogens is 280 g/mol. The number of hydrogen-bond acceptors (Lipinski definition) is 4. The highest BCUT2D eigenvalue weighted by atomic mass is 32.1. The minimum absolute atomic E-state index is 0.422. The quantitative estimate of drug-likeness (QED) is 0.815. The van der Waals surface area contributed by atoms with Gasteiger partial charge in [-0.3, -0.25) is 0 Å². The predicted molar refractivity (Wildman–Crippen MR) is 85.8 cm³/mol. The van der Waals surface area contributed by atoms with Crippen molar-refractivity contribution >= 4 is 11.3 Å². The third-order valence-electron chi connectivity index (χ3n) is 3.32. The molecule has 0 saturated heterocycles. The Labute approximate surface area is 130 Å². The van der Waals surface area contributed by atoms with Gasteiger partial charge in [0.1, 0.15) is 17.4 Å². The van der Waals surface area contributed by atoms with Crippen molar-refractivity contribution in [1.29, 1.82) is 5.26 Å². The van der Waals surface area contributed by atoms with Crippen molar-refractivity contribution in [3.05, 3.63) is 44.9 Å². The van der Waals surface area contributed by atoms with Crippen molar-refractivity contribution in [2.75, 3.05) is 0 Å². The third kappa shape index (κ3) is 3.83. The molecule has 0 aliphatic carbocycles. The van der Waals surface area contributed by atoms with Crippen molar-refractivity contribution in [3.8, 4) is 11.8 Å². The first kappa shape index (κ1) is 15.5. The van der Waals surface area contributed by atoms with Crippen molar-refractivity contribution in [3.63, 3.8) is 0 Å². The molecule has 0 bridgehead atoms. The van der Waals surface area contributed by atoms with E-state index in [1.165, 1.54) is 11.1 Å². The molecule has 2 rings (SSSR count). The summed E-state index contributed by atoms with van der Waals surface area (Å²) in [6, 6.07) is 8.49. The standard InChI is InChI=1S/C17H20N2OS/c1-11(2)14-6-5-12(3)9-15(14)20-10-17-19-13(4)16(21-17)7-8-18/h5-6,9,11H,7,10H2,1-4H3. The highest BCUT2D eigenvalue weighted by Gasteiger charge is 2.11. The molecule has 1 heterocycles. The van der Waals surface area contributed by atoms with Gasteiger partial charge in [0.15, 0.2) is 0 Å². The molecule has 0 amide bonds. The van der Waals surface area contributed by atoms with Crippen LogP contribution in [0.15, 0.2) is 18.2 Å². The van der Waals surface area contributed by atoms with Crippen molar-refractivity contribution in [2.45, 2.75) is 46.6 Å². The van der Waals surface area contributed by atoms with Crippen LogP contribution in [0.3, 0.4) is 0 Å². The molecule has 0 atom stereocenters. The van der Waals surface area contributed by atoms with E-state index in [4.69, 9.17) is 10.00 Å². The summed E-state index contributed by atoms with van der Waals surface area (Å²) >= 11 is 1.56. The van der Waals surface area contributed by atoms with Gasteiger partial charge in [-0.15, -0.1) is 11.3 Å². The van der Waals surface area contributed by atoms with E-state index < -0.39 is 0 Å². The number of aromatic nitrogens is 1. The van der Waals surface area contributed by atoms with Crippen LogP contribution in [0, 0.1) is 25.2 Å². The lowest BCUT2D eigenvalue weighted by atomic mass is 10.0. The highest BCUT2D eigenvalue weighted by Crippen LogP contribution is 2.29.